The molecule has 0 atom stereocenters. The minimum atomic E-state index is 0. The second kappa shape index (κ2) is 10.3. The van der Waals surface area contributed by atoms with Crippen LogP contribution in [0.3, 0.4) is 0 Å². The van der Waals surface area contributed by atoms with Crippen LogP contribution in [0.5, 0.6) is 0 Å². The number of rotatable bonds is 6. The van der Waals surface area contributed by atoms with Crippen molar-refractivity contribution in [1.82, 2.24) is 4.90 Å². The molecule has 0 aliphatic heterocycles. The molecule has 1 aliphatic rings. The molecule has 0 radical (unpaired) electrons. The molecule has 4 heteroatoms. The molecule has 0 heterocycles. The first kappa shape index (κ1) is 21.2. The van der Waals surface area contributed by atoms with Crippen LogP contribution in [0, 0.1) is 0 Å². The molecule has 1 aliphatic carbocycles. The van der Waals surface area contributed by atoms with E-state index in [0.717, 1.165) is 38.8 Å². The zero-order valence-electron chi connectivity index (χ0n) is 16.1. The molecule has 0 fully saturated rings. The molecule has 27 heavy (non-hydrogen) atoms. The van der Waals surface area contributed by atoms with E-state index in [1.54, 1.807) is 0 Å². The Bertz CT molecular complexity index is 751. The number of halogens is 1. The van der Waals surface area contributed by atoms with Gasteiger partial charge < -0.3 is 23.0 Å². The molecule has 0 saturated carbocycles. The van der Waals surface area contributed by atoms with Gasteiger partial charge in [0.25, 0.3) is 0 Å². The second-order valence-electron chi connectivity index (χ2n) is 6.99. The van der Waals surface area contributed by atoms with Gasteiger partial charge in [-0.25, -0.2) is 0 Å². The summed E-state index contributed by atoms with van der Waals surface area (Å²) in [7, 11) is 1.90. The molecule has 0 bridgehead atoms. The maximum Gasteiger partial charge on any atom is 0.222 e. The standard InChI is InChI=1S/C23H28N2O.ClH/c1-25(23(26)13-6-16-24)17-7-12-22-20-10-4-2-8-18(20)14-15-19-9-3-5-11-21(19)22;/h2-5,8-12H,6-7,13-17,24H2,1H3;1H. The van der Waals surface area contributed by atoms with E-state index >= 15 is 0 Å². The smallest absolute Gasteiger partial charge is 0.222 e. The fourth-order valence-electron chi connectivity index (χ4n) is 3.63. The van der Waals surface area contributed by atoms with Crippen LogP contribution in [0.1, 0.15) is 41.5 Å². The highest BCUT2D eigenvalue weighted by Gasteiger charge is 2.17. The normalized spacial score (nSPS) is 12.3. The lowest BCUT2D eigenvalue weighted by Gasteiger charge is -2.17. The topological polar surface area (TPSA) is 48.0 Å². The molecule has 1 amide bonds. The largest absolute Gasteiger partial charge is 1.00 e. The molecule has 0 unspecified atom stereocenters. The maximum atomic E-state index is 12.1. The van der Waals surface area contributed by atoms with Crippen LogP contribution in [0.15, 0.2) is 54.6 Å². The number of carbonyl (C=O) groups excluding carboxylic acids is 1. The van der Waals surface area contributed by atoms with Gasteiger partial charge in [-0.05, 0) is 47.1 Å². The van der Waals surface area contributed by atoms with Gasteiger partial charge in [0.1, 0.15) is 0 Å². The van der Waals surface area contributed by atoms with Crippen molar-refractivity contribution in [1.29, 1.82) is 0 Å². The van der Waals surface area contributed by atoms with Crippen LogP contribution >= 0.6 is 0 Å². The van der Waals surface area contributed by atoms with E-state index in [1.807, 2.05) is 11.9 Å². The van der Waals surface area contributed by atoms with Crippen molar-refractivity contribution in [3.8, 4) is 0 Å². The number of aryl methyl sites for hydroxylation is 2. The van der Waals surface area contributed by atoms with Gasteiger partial charge in [-0.15, -0.1) is 0 Å². The highest BCUT2D eigenvalue weighted by Crippen LogP contribution is 2.33. The Kier molecular flexibility index (Phi) is 8.08. The quantitative estimate of drug-likeness (QED) is 0.754. The lowest BCUT2D eigenvalue weighted by Crippen LogP contribution is -3.00. The molecule has 3 rings (SSSR count). The monoisotopic (exact) mass is 384 g/mol. The first-order valence-electron chi connectivity index (χ1n) is 9.60. The molecule has 2 aromatic carbocycles. The average Bonchev–Trinajstić information content (AvgIpc) is 2.83. The van der Waals surface area contributed by atoms with Crippen molar-refractivity contribution >= 4 is 11.5 Å². The first-order chi connectivity index (χ1) is 12.7. The highest BCUT2D eigenvalue weighted by molar-refractivity contribution is 5.84. The summed E-state index contributed by atoms with van der Waals surface area (Å²) >= 11 is 0. The number of fused-ring (bicyclic) bond motifs is 2. The Hall–Kier alpha value is -2.10. The van der Waals surface area contributed by atoms with E-state index in [4.69, 9.17) is 0 Å². The molecule has 3 nitrogen and oxygen atoms in total. The molecular formula is C23H29ClN2O. The van der Waals surface area contributed by atoms with E-state index in [-0.39, 0.29) is 18.3 Å². The Labute approximate surface area is 168 Å². The molecule has 0 saturated heterocycles. The first-order valence-corrected chi connectivity index (χ1v) is 9.60. The van der Waals surface area contributed by atoms with Crippen LogP contribution in [-0.2, 0) is 17.6 Å². The summed E-state index contributed by atoms with van der Waals surface area (Å²) in [5.74, 6) is 0.216. The van der Waals surface area contributed by atoms with Crippen LogP contribution in [0.25, 0.3) is 5.57 Å². The van der Waals surface area contributed by atoms with Crippen LogP contribution in [0.4, 0.5) is 0 Å². The number of hydrogen-bond donors (Lipinski definition) is 1. The van der Waals surface area contributed by atoms with Gasteiger partial charge in [-0.3, -0.25) is 4.79 Å². The van der Waals surface area contributed by atoms with Crippen molar-refractivity contribution < 1.29 is 22.9 Å². The van der Waals surface area contributed by atoms with E-state index in [2.05, 4.69) is 60.3 Å². The van der Waals surface area contributed by atoms with Crippen LogP contribution in [0.2, 0.25) is 0 Å². The predicted molar refractivity (Wildman–Crippen MR) is 107 cm³/mol. The predicted octanol–water partition coefficient (Wildman–Crippen LogP) is 0.0915. The molecule has 144 valence electrons. The van der Waals surface area contributed by atoms with Gasteiger partial charge >= 0.3 is 0 Å². The number of amides is 1. The maximum absolute atomic E-state index is 12.1. The zero-order chi connectivity index (χ0) is 18.4. The summed E-state index contributed by atoms with van der Waals surface area (Å²) in [5, 5.41) is 0. The molecule has 2 aromatic rings. The van der Waals surface area contributed by atoms with Gasteiger partial charge in [0.05, 0.1) is 6.54 Å². The Morgan fingerprint density at radius 3 is 2.15 bits per heavy atom. The van der Waals surface area contributed by atoms with E-state index in [9.17, 15) is 4.79 Å². The average molecular weight is 385 g/mol. The van der Waals surface area contributed by atoms with Gasteiger partial charge in [0, 0.05) is 26.4 Å². The Morgan fingerprint density at radius 1 is 1.04 bits per heavy atom. The number of carbonyl (C=O) groups is 1. The summed E-state index contributed by atoms with van der Waals surface area (Å²) in [6.07, 6.45) is 6.80. The number of benzene rings is 2. The van der Waals surface area contributed by atoms with Gasteiger partial charge in [0.15, 0.2) is 0 Å². The Balaban J connectivity index is 0.00000261. The molecule has 3 N–H and O–H groups in total. The number of quaternary nitrogens is 1. The summed E-state index contributed by atoms with van der Waals surface area (Å²) < 4.78 is 0. The third-order valence-corrected chi connectivity index (χ3v) is 5.16. The Morgan fingerprint density at radius 2 is 1.59 bits per heavy atom. The fraction of sp³-hybridized carbons (Fsp3) is 0.348. The third-order valence-electron chi connectivity index (χ3n) is 5.16. The lowest BCUT2D eigenvalue weighted by atomic mass is 9.93. The van der Waals surface area contributed by atoms with E-state index < -0.39 is 0 Å². The van der Waals surface area contributed by atoms with Gasteiger partial charge in [-0.2, -0.15) is 0 Å². The van der Waals surface area contributed by atoms with Gasteiger partial charge in [0.2, 0.25) is 5.91 Å². The van der Waals surface area contributed by atoms with Crippen molar-refractivity contribution in [3.63, 3.8) is 0 Å². The van der Waals surface area contributed by atoms with Crippen LogP contribution in [-0.4, -0.2) is 30.9 Å². The van der Waals surface area contributed by atoms with Crippen LogP contribution < -0.4 is 18.1 Å². The summed E-state index contributed by atoms with van der Waals surface area (Å²) in [6.45, 7) is 1.57. The van der Waals surface area contributed by atoms with Gasteiger partial charge in [-0.1, -0.05) is 54.6 Å². The fourth-order valence-corrected chi connectivity index (χ4v) is 3.63. The van der Waals surface area contributed by atoms with Crippen molar-refractivity contribution in [3.05, 3.63) is 76.9 Å². The number of hydrogen-bond acceptors (Lipinski definition) is 1. The van der Waals surface area contributed by atoms with Crippen molar-refractivity contribution in [2.75, 3.05) is 20.1 Å². The zero-order valence-corrected chi connectivity index (χ0v) is 16.8. The molecule has 0 spiro atoms. The van der Waals surface area contributed by atoms with E-state index in [1.165, 1.54) is 27.8 Å². The third kappa shape index (κ3) is 5.21. The van der Waals surface area contributed by atoms with E-state index in [0.29, 0.717) is 6.42 Å². The van der Waals surface area contributed by atoms with Crippen molar-refractivity contribution in [2.45, 2.75) is 32.1 Å². The number of nitrogens with zero attached hydrogens (tertiary/aromatic N) is 1. The summed E-state index contributed by atoms with van der Waals surface area (Å²) in [6, 6.07) is 17.4. The SMILES string of the molecule is CN(CCC=C1c2ccccc2CCc2ccccc21)C(=O)CCC[NH3+].[Cl-]. The lowest BCUT2D eigenvalue weighted by molar-refractivity contribution is -0.368. The summed E-state index contributed by atoms with van der Waals surface area (Å²) in [4.78, 5) is 14.0. The molecular weight excluding hydrogens is 356 g/mol. The second-order valence-corrected chi connectivity index (χ2v) is 6.99. The summed E-state index contributed by atoms with van der Waals surface area (Å²) in [5.41, 5.74) is 10.6. The minimum absolute atomic E-state index is 0. The van der Waals surface area contributed by atoms with Crippen molar-refractivity contribution in [2.24, 2.45) is 0 Å². The minimum Gasteiger partial charge on any atom is -1.00 e. The molecule has 0 aromatic heterocycles. The highest BCUT2D eigenvalue weighted by atomic mass is 35.5.